The molecule has 1 amide bonds. The molecule has 0 saturated carbocycles. The van der Waals surface area contributed by atoms with Gasteiger partial charge in [0.15, 0.2) is 5.82 Å². The van der Waals surface area contributed by atoms with Crippen LogP contribution in [0.2, 0.25) is 0 Å². The number of hydrogen-bond acceptors (Lipinski definition) is 4. The lowest BCUT2D eigenvalue weighted by molar-refractivity contribution is -0.138. The van der Waals surface area contributed by atoms with Crippen LogP contribution in [0.5, 0.6) is 0 Å². The molecule has 2 aliphatic heterocycles. The van der Waals surface area contributed by atoms with Gasteiger partial charge in [0.1, 0.15) is 0 Å². The van der Waals surface area contributed by atoms with Gasteiger partial charge in [-0.25, -0.2) is 4.39 Å². The van der Waals surface area contributed by atoms with Gasteiger partial charge < -0.3 is 9.80 Å². The minimum absolute atomic E-state index is 0.0366. The Hall–Kier alpha value is -2.50. The highest BCUT2D eigenvalue weighted by molar-refractivity contribution is 5.77. The van der Waals surface area contributed by atoms with E-state index in [9.17, 15) is 9.18 Å². The third-order valence-electron chi connectivity index (χ3n) is 5.62. The molecule has 4 heterocycles. The van der Waals surface area contributed by atoms with Crippen LogP contribution >= 0.6 is 0 Å². The molecule has 0 aliphatic carbocycles. The van der Waals surface area contributed by atoms with E-state index in [4.69, 9.17) is 0 Å². The number of carbonyl (C=O) groups is 1. The van der Waals surface area contributed by atoms with E-state index in [1.54, 1.807) is 24.7 Å². The normalized spacial score (nSPS) is 23.5. The zero-order valence-electron chi connectivity index (χ0n) is 14.8. The van der Waals surface area contributed by atoms with Crippen molar-refractivity contribution < 1.29 is 9.18 Å². The molecular formula is C20H23FN4O. The maximum absolute atomic E-state index is 14.2. The number of amides is 1. The topological polar surface area (TPSA) is 49.3 Å². The Morgan fingerprint density at radius 2 is 1.88 bits per heavy atom. The maximum Gasteiger partial charge on any atom is 0.222 e. The second-order valence-corrected chi connectivity index (χ2v) is 7.46. The first-order valence-corrected chi connectivity index (χ1v) is 9.16. The SMILES string of the molecule is O=C1CCC2(CCCN(c3ccncc3F)C2)CN1Cc1ccncc1. The van der Waals surface area contributed by atoms with Crippen LogP contribution in [0.4, 0.5) is 10.1 Å². The molecule has 2 fully saturated rings. The van der Waals surface area contributed by atoms with Crippen molar-refractivity contribution in [3.63, 3.8) is 0 Å². The Morgan fingerprint density at radius 1 is 1.08 bits per heavy atom. The zero-order valence-corrected chi connectivity index (χ0v) is 14.8. The Labute approximate surface area is 152 Å². The van der Waals surface area contributed by atoms with Crippen molar-refractivity contribution in [3.8, 4) is 0 Å². The molecular weight excluding hydrogens is 331 g/mol. The summed E-state index contributed by atoms with van der Waals surface area (Å²) >= 11 is 0. The summed E-state index contributed by atoms with van der Waals surface area (Å²) in [5.74, 6) is -0.0651. The molecule has 136 valence electrons. The molecule has 2 saturated heterocycles. The Balaban J connectivity index is 1.52. The Bertz CT molecular complexity index is 784. The van der Waals surface area contributed by atoms with Crippen molar-refractivity contribution in [1.29, 1.82) is 0 Å². The number of nitrogens with zero attached hydrogens (tertiary/aromatic N) is 4. The van der Waals surface area contributed by atoms with Gasteiger partial charge in [0, 0.05) is 56.6 Å². The molecule has 0 bridgehead atoms. The summed E-state index contributed by atoms with van der Waals surface area (Å²) in [6.07, 6.45) is 9.97. The average Bonchev–Trinajstić information content (AvgIpc) is 2.66. The van der Waals surface area contributed by atoms with E-state index in [1.807, 2.05) is 17.0 Å². The number of pyridine rings is 2. The first kappa shape index (κ1) is 16.9. The summed E-state index contributed by atoms with van der Waals surface area (Å²) in [4.78, 5) is 24.4. The Kier molecular flexibility index (Phi) is 4.57. The number of anilines is 1. The van der Waals surface area contributed by atoms with Gasteiger partial charge >= 0.3 is 0 Å². The van der Waals surface area contributed by atoms with Crippen molar-refractivity contribution in [2.75, 3.05) is 24.5 Å². The van der Waals surface area contributed by atoms with Crippen molar-refractivity contribution in [2.24, 2.45) is 5.41 Å². The van der Waals surface area contributed by atoms with Crippen molar-refractivity contribution in [1.82, 2.24) is 14.9 Å². The number of rotatable bonds is 3. The van der Waals surface area contributed by atoms with Gasteiger partial charge in [0.2, 0.25) is 5.91 Å². The maximum atomic E-state index is 14.2. The molecule has 6 heteroatoms. The van der Waals surface area contributed by atoms with Crippen LogP contribution in [-0.4, -0.2) is 40.4 Å². The van der Waals surface area contributed by atoms with Gasteiger partial charge in [-0.2, -0.15) is 0 Å². The van der Waals surface area contributed by atoms with E-state index in [0.717, 1.165) is 44.5 Å². The molecule has 5 nitrogen and oxygen atoms in total. The summed E-state index contributed by atoms with van der Waals surface area (Å²) in [5.41, 5.74) is 1.75. The summed E-state index contributed by atoms with van der Waals surface area (Å²) in [6.45, 7) is 2.99. The van der Waals surface area contributed by atoms with Crippen LogP contribution in [0.3, 0.4) is 0 Å². The highest BCUT2D eigenvalue weighted by Gasteiger charge is 2.42. The number of halogens is 1. The van der Waals surface area contributed by atoms with Gasteiger partial charge in [-0.1, -0.05) is 0 Å². The third-order valence-corrected chi connectivity index (χ3v) is 5.62. The van der Waals surface area contributed by atoms with Gasteiger partial charge in [-0.15, -0.1) is 0 Å². The van der Waals surface area contributed by atoms with Gasteiger partial charge in [0.25, 0.3) is 0 Å². The van der Waals surface area contributed by atoms with Crippen molar-refractivity contribution >= 4 is 11.6 Å². The van der Waals surface area contributed by atoms with E-state index < -0.39 is 0 Å². The first-order chi connectivity index (χ1) is 12.7. The number of aromatic nitrogens is 2. The lowest BCUT2D eigenvalue weighted by atomic mass is 9.73. The summed E-state index contributed by atoms with van der Waals surface area (Å²) in [5, 5.41) is 0. The lowest BCUT2D eigenvalue weighted by Gasteiger charge is -2.49. The fourth-order valence-electron chi connectivity index (χ4n) is 4.33. The van der Waals surface area contributed by atoms with Crippen molar-refractivity contribution in [2.45, 2.75) is 32.2 Å². The monoisotopic (exact) mass is 354 g/mol. The van der Waals surface area contributed by atoms with Crippen molar-refractivity contribution in [3.05, 3.63) is 54.4 Å². The highest BCUT2D eigenvalue weighted by atomic mass is 19.1. The third kappa shape index (κ3) is 3.41. The fourth-order valence-corrected chi connectivity index (χ4v) is 4.33. The molecule has 2 aromatic rings. The van der Waals surface area contributed by atoms with Crippen LogP contribution in [0.15, 0.2) is 43.0 Å². The number of carbonyl (C=O) groups excluding carboxylic acids is 1. The highest BCUT2D eigenvalue weighted by Crippen LogP contribution is 2.40. The van der Waals surface area contributed by atoms with Gasteiger partial charge in [-0.3, -0.25) is 14.8 Å². The minimum atomic E-state index is -0.273. The molecule has 26 heavy (non-hydrogen) atoms. The summed E-state index contributed by atoms with van der Waals surface area (Å²) in [6, 6.07) is 5.65. The standard InChI is InChI=1S/C20H23FN4O/c21-17-12-23-10-5-18(17)24-11-1-6-20(14-24)7-2-19(26)25(15-20)13-16-3-8-22-9-4-16/h3-5,8-10,12H,1-2,6-7,11,13-15H2. The van der Waals surface area contributed by atoms with Crippen LogP contribution in [0.1, 0.15) is 31.2 Å². The number of likely N-dealkylation sites (tertiary alicyclic amines) is 1. The molecule has 2 aliphatic rings. The molecule has 1 atom stereocenters. The predicted octanol–water partition coefficient (Wildman–Crippen LogP) is 3.02. The lowest BCUT2D eigenvalue weighted by Crippen LogP contribution is -2.54. The van der Waals surface area contributed by atoms with Crippen LogP contribution in [-0.2, 0) is 11.3 Å². The number of hydrogen-bond donors (Lipinski definition) is 0. The smallest absolute Gasteiger partial charge is 0.222 e. The molecule has 0 N–H and O–H groups in total. The molecule has 2 aromatic heterocycles. The minimum Gasteiger partial charge on any atom is -0.368 e. The second kappa shape index (κ2) is 7.02. The molecule has 0 aromatic carbocycles. The van der Waals surface area contributed by atoms with Crippen LogP contribution < -0.4 is 4.90 Å². The quantitative estimate of drug-likeness (QED) is 0.850. The molecule has 4 rings (SSSR count). The van der Waals surface area contributed by atoms with E-state index >= 15 is 0 Å². The summed E-state index contributed by atoms with van der Waals surface area (Å²) < 4.78 is 14.2. The number of piperidine rings is 2. The van der Waals surface area contributed by atoms with Crippen LogP contribution in [0, 0.1) is 11.2 Å². The van der Waals surface area contributed by atoms with E-state index in [1.165, 1.54) is 6.20 Å². The van der Waals surface area contributed by atoms with Gasteiger partial charge in [-0.05, 0) is 43.0 Å². The summed E-state index contributed by atoms with van der Waals surface area (Å²) in [7, 11) is 0. The zero-order chi connectivity index (χ0) is 18.0. The molecule has 1 unspecified atom stereocenters. The molecule has 1 spiro atoms. The van der Waals surface area contributed by atoms with E-state index in [-0.39, 0.29) is 17.1 Å². The predicted molar refractivity (Wildman–Crippen MR) is 97.0 cm³/mol. The second-order valence-electron chi connectivity index (χ2n) is 7.46. The first-order valence-electron chi connectivity index (χ1n) is 9.16. The average molecular weight is 354 g/mol. The van der Waals surface area contributed by atoms with E-state index in [2.05, 4.69) is 14.9 Å². The van der Waals surface area contributed by atoms with Crippen LogP contribution in [0.25, 0.3) is 0 Å². The fraction of sp³-hybridized carbons (Fsp3) is 0.450. The van der Waals surface area contributed by atoms with E-state index in [0.29, 0.717) is 18.7 Å². The van der Waals surface area contributed by atoms with Gasteiger partial charge in [0.05, 0.1) is 11.9 Å². The largest absolute Gasteiger partial charge is 0.368 e. The Morgan fingerprint density at radius 3 is 2.69 bits per heavy atom. The molecule has 0 radical (unpaired) electrons.